The summed E-state index contributed by atoms with van der Waals surface area (Å²) >= 11 is 0. The summed E-state index contributed by atoms with van der Waals surface area (Å²) in [6, 6.07) is 15.1. The summed E-state index contributed by atoms with van der Waals surface area (Å²) < 4.78 is 5.17. The minimum atomic E-state index is -1.18. The third-order valence-electron chi connectivity index (χ3n) is 4.34. The van der Waals surface area contributed by atoms with Crippen molar-refractivity contribution in [3.05, 3.63) is 65.7 Å². The highest BCUT2D eigenvalue weighted by Crippen LogP contribution is 2.29. The van der Waals surface area contributed by atoms with Crippen molar-refractivity contribution < 1.29 is 19.1 Å². The van der Waals surface area contributed by atoms with Gasteiger partial charge in [0.1, 0.15) is 11.3 Å². The Kier molecular flexibility index (Phi) is 4.27. The van der Waals surface area contributed by atoms with Crippen LogP contribution in [0.3, 0.4) is 0 Å². The van der Waals surface area contributed by atoms with Gasteiger partial charge >= 0.3 is 6.03 Å². The molecule has 1 heterocycles. The van der Waals surface area contributed by atoms with Crippen LogP contribution in [0.15, 0.2) is 54.6 Å². The van der Waals surface area contributed by atoms with Crippen molar-refractivity contribution in [2.75, 3.05) is 13.7 Å². The summed E-state index contributed by atoms with van der Waals surface area (Å²) in [4.78, 5) is 38.6. The number of para-hydroxylation sites is 1. The fraction of sp³-hybridized carbons (Fsp3) is 0.211. The second-order valence-corrected chi connectivity index (χ2v) is 5.94. The van der Waals surface area contributed by atoms with Crippen LogP contribution in [0.25, 0.3) is 0 Å². The van der Waals surface area contributed by atoms with Crippen molar-refractivity contribution >= 4 is 17.7 Å². The van der Waals surface area contributed by atoms with E-state index in [1.807, 2.05) is 6.07 Å². The fourth-order valence-corrected chi connectivity index (χ4v) is 2.91. The number of rotatable bonds is 5. The van der Waals surface area contributed by atoms with Gasteiger partial charge in [0, 0.05) is 0 Å². The number of Topliss-reactive ketones (excluding diaryl/α,β-unsaturated/α-hetero) is 1. The van der Waals surface area contributed by atoms with Crippen molar-refractivity contribution in [2.45, 2.75) is 12.5 Å². The van der Waals surface area contributed by atoms with Crippen LogP contribution in [0, 0.1) is 0 Å². The van der Waals surface area contributed by atoms with E-state index in [1.54, 1.807) is 55.5 Å². The summed E-state index contributed by atoms with van der Waals surface area (Å²) in [6.07, 6.45) is 0. The normalized spacial score (nSPS) is 19.7. The van der Waals surface area contributed by atoms with Crippen molar-refractivity contribution in [2.24, 2.45) is 0 Å². The Morgan fingerprint density at radius 3 is 2.40 bits per heavy atom. The predicted molar refractivity (Wildman–Crippen MR) is 91.4 cm³/mol. The molecule has 6 heteroatoms. The largest absolute Gasteiger partial charge is 0.496 e. The monoisotopic (exact) mass is 338 g/mol. The van der Waals surface area contributed by atoms with Crippen molar-refractivity contribution in [3.8, 4) is 5.75 Å². The van der Waals surface area contributed by atoms with Gasteiger partial charge in [-0.3, -0.25) is 14.5 Å². The highest BCUT2D eigenvalue weighted by atomic mass is 16.5. The van der Waals surface area contributed by atoms with Gasteiger partial charge in [-0.2, -0.15) is 0 Å². The zero-order chi connectivity index (χ0) is 18.0. The predicted octanol–water partition coefficient (Wildman–Crippen LogP) is 2.35. The summed E-state index contributed by atoms with van der Waals surface area (Å²) in [6.45, 7) is 1.30. The topological polar surface area (TPSA) is 75.7 Å². The molecule has 2 aromatic carbocycles. The molecule has 0 aromatic heterocycles. The van der Waals surface area contributed by atoms with Crippen LogP contribution in [0.4, 0.5) is 4.79 Å². The third-order valence-corrected chi connectivity index (χ3v) is 4.34. The van der Waals surface area contributed by atoms with Crippen LogP contribution in [0.2, 0.25) is 0 Å². The maximum atomic E-state index is 12.8. The standard InChI is InChI=1S/C19H18N2O4/c1-19(13-8-4-3-5-9-13)17(23)21(18(24)20-19)12-15(22)14-10-6-7-11-16(14)25-2/h3-11H,12H2,1-2H3,(H,20,24). The van der Waals surface area contributed by atoms with Crippen molar-refractivity contribution in [1.82, 2.24) is 10.2 Å². The number of hydrogen-bond acceptors (Lipinski definition) is 4. The number of hydrogen-bond donors (Lipinski definition) is 1. The minimum Gasteiger partial charge on any atom is -0.496 e. The van der Waals surface area contributed by atoms with Gasteiger partial charge in [-0.05, 0) is 24.6 Å². The summed E-state index contributed by atoms with van der Waals surface area (Å²) in [5, 5.41) is 2.69. The zero-order valence-electron chi connectivity index (χ0n) is 14.0. The van der Waals surface area contributed by atoms with E-state index in [4.69, 9.17) is 4.74 Å². The number of urea groups is 1. The zero-order valence-corrected chi connectivity index (χ0v) is 14.0. The fourth-order valence-electron chi connectivity index (χ4n) is 2.91. The summed E-state index contributed by atoms with van der Waals surface area (Å²) in [7, 11) is 1.46. The molecule has 1 fully saturated rings. The van der Waals surface area contributed by atoms with E-state index < -0.39 is 17.5 Å². The number of carbonyl (C=O) groups excluding carboxylic acids is 3. The molecular weight excluding hydrogens is 320 g/mol. The highest BCUT2D eigenvalue weighted by molar-refractivity contribution is 6.11. The van der Waals surface area contributed by atoms with Crippen LogP contribution >= 0.6 is 0 Å². The van der Waals surface area contributed by atoms with Gasteiger partial charge in [-0.15, -0.1) is 0 Å². The van der Waals surface area contributed by atoms with Gasteiger partial charge in [-0.25, -0.2) is 4.79 Å². The average Bonchev–Trinajstić information content (AvgIpc) is 2.86. The molecule has 25 heavy (non-hydrogen) atoms. The van der Waals surface area contributed by atoms with E-state index in [-0.39, 0.29) is 12.3 Å². The Hall–Kier alpha value is -3.15. The number of ketones is 1. The molecule has 0 radical (unpaired) electrons. The minimum absolute atomic E-state index is 0.332. The molecule has 1 atom stereocenters. The van der Waals surface area contributed by atoms with Crippen LogP contribution in [0.1, 0.15) is 22.8 Å². The van der Waals surface area contributed by atoms with E-state index in [0.29, 0.717) is 16.9 Å². The lowest BCUT2D eigenvalue weighted by atomic mass is 9.92. The quantitative estimate of drug-likeness (QED) is 0.671. The molecule has 1 saturated heterocycles. The molecule has 1 aliphatic heterocycles. The molecule has 2 aromatic rings. The van der Waals surface area contributed by atoms with Crippen LogP contribution < -0.4 is 10.1 Å². The number of amides is 3. The van der Waals surface area contributed by atoms with E-state index in [0.717, 1.165) is 4.90 Å². The lowest BCUT2D eigenvalue weighted by Crippen LogP contribution is -2.41. The second-order valence-electron chi connectivity index (χ2n) is 5.94. The van der Waals surface area contributed by atoms with E-state index in [1.165, 1.54) is 7.11 Å². The lowest BCUT2D eigenvalue weighted by Gasteiger charge is -2.22. The highest BCUT2D eigenvalue weighted by Gasteiger charge is 2.49. The van der Waals surface area contributed by atoms with Gasteiger partial charge in [0.25, 0.3) is 5.91 Å². The Labute approximate surface area is 145 Å². The first-order valence-corrected chi connectivity index (χ1v) is 7.83. The van der Waals surface area contributed by atoms with Gasteiger partial charge in [0.15, 0.2) is 5.78 Å². The summed E-state index contributed by atoms with van der Waals surface area (Å²) in [5.74, 6) is -0.407. The molecule has 1 N–H and O–H groups in total. The third kappa shape index (κ3) is 2.87. The number of carbonyl (C=O) groups is 3. The summed E-state index contributed by atoms with van der Waals surface area (Å²) in [5.41, 5.74) is -0.182. The Morgan fingerprint density at radius 1 is 1.08 bits per heavy atom. The first-order valence-electron chi connectivity index (χ1n) is 7.83. The van der Waals surface area contributed by atoms with Gasteiger partial charge in [0.05, 0.1) is 19.2 Å². The van der Waals surface area contributed by atoms with Crippen molar-refractivity contribution in [3.63, 3.8) is 0 Å². The molecule has 0 aliphatic carbocycles. The van der Waals surface area contributed by atoms with E-state index in [2.05, 4.69) is 5.32 Å². The van der Waals surface area contributed by atoms with Crippen LogP contribution in [0.5, 0.6) is 5.75 Å². The number of benzene rings is 2. The Balaban J connectivity index is 1.85. The Morgan fingerprint density at radius 2 is 1.72 bits per heavy atom. The smallest absolute Gasteiger partial charge is 0.325 e. The first kappa shape index (κ1) is 16.7. The molecule has 0 bridgehead atoms. The molecule has 6 nitrogen and oxygen atoms in total. The molecule has 3 rings (SSSR count). The van der Waals surface area contributed by atoms with Gasteiger partial charge < -0.3 is 10.1 Å². The van der Waals surface area contributed by atoms with Gasteiger partial charge in [0.2, 0.25) is 0 Å². The molecule has 1 unspecified atom stereocenters. The van der Waals surface area contributed by atoms with E-state index >= 15 is 0 Å². The second kappa shape index (κ2) is 6.39. The maximum absolute atomic E-state index is 12.8. The molecule has 0 spiro atoms. The molecule has 0 saturated carbocycles. The van der Waals surface area contributed by atoms with E-state index in [9.17, 15) is 14.4 Å². The lowest BCUT2D eigenvalue weighted by molar-refractivity contribution is -0.130. The maximum Gasteiger partial charge on any atom is 0.325 e. The molecular formula is C19H18N2O4. The number of nitrogens with zero attached hydrogens (tertiary/aromatic N) is 1. The average molecular weight is 338 g/mol. The van der Waals surface area contributed by atoms with Gasteiger partial charge in [-0.1, -0.05) is 42.5 Å². The van der Waals surface area contributed by atoms with Crippen molar-refractivity contribution in [1.29, 1.82) is 0 Å². The molecule has 128 valence electrons. The number of nitrogens with one attached hydrogen (secondary N) is 1. The number of ether oxygens (including phenoxy) is 1. The molecule has 1 aliphatic rings. The molecule has 3 amide bonds. The Bertz CT molecular complexity index is 834. The SMILES string of the molecule is COc1ccccc1C(=O)CN1C(=O)NC(C)(c2ccccc2)C1=O. The number of imide groups is 1. The first-order chi connectivity index (χ1) is 12.0. The van der Waals surface area contributed by atoms with Crippen LogP contribution in [-0.4, -0.2) is 36.3 Å². The van der Waals surface area contributed by atoms with Crippen LogP contribution in [-0.2, 0) is 10.3 Å². The number of methoxy groups -OCH3 is 1.